The average molecular weight is 207 g/mol. The summed E-state index contributed by atoms with van der Waals surface area (Å²) in [6, 6.07) is 0.730. The molecule has 0 aromatic rings. The molecule has 3 nitrogen and oxygen atoms in total. The number of hydrogen-bond acceptors (Lipinski definition) is 3. The van der Waals surface area contributed by atoms with Gasteiger partial charge >= 0.3 is 0 Å². The van der Waals surface area contributed by atoms with Crippen molar-refractivity contribution in [1.29, 1.82) is 0 Å². The largest absolute Gasteiger partial charge is 0.398 e. The van der Waals surface area contributed by atoms with Crippen LogP contribution in [-0.4, -0.2) is 23.7 Å². The van der Waals surface area contributed by atoms with Crippen LogP contribution in [0, 0.1) is 0 Å². The zero-order valence-corrected chi connectivity index (χ0v) is 9.45. The van der Waals surface area contributed by atoms with Crippen molar-refractivity contribution in [3.05, 3.63) is 24.0 Å². The van der Waals surface area contributed by atoms with Gasteiger partial charge in [0.2, 0.25) is 0 Å². The van der Waals surface area contributed by atoms with E-state index < -0.39 is 0 Å². The molecule has 3 N–H and O–H groups in total. The van der Waals surface area contributed by atoms with Gasteiger partial charge in [0.15, 0.2) is 0 Å². The van der Waals surface area contributed by atoms with E-state index in [4.69, 9.17) is 5.73 Å². The van der Waals surface area contributed by atoms with Gasteiger partial charge in [-0.3, -0.25) is 4.90 Å². The minimum absolute atomic E-state index is 0.350. The van der Waals surface area contributed by atoms with Gasteiger partial charge in [-0.05, 0) is 31.4 Å². The second kappa shape index (κ2) is 4.71. The van der Waals surface area contributed by atoms with Crippen molar-refractivity contribution in [3.8, 4) is 0 Å². The number of nitrogens with one attached hydrogen (secondary N) is 1. The standard InChI is InChI=1S/C12H21N3/c1-2-11-5-3-4-8-15(11)12-7-6-10(13)9-14-12/h6-7,9,11-12,14H,2-5,8,13H2,1H3/t11-,12?/m1/s1. The second-order valence-corrected chi connectivity index (χ2v) is 4.41. The van der Waals surface area contributed by atoms with E-state index in [9.17, 15) is 0 Å². The Hall–Kier alpha value is -0.960. The molecule has 2 aliphatic heterocycles. The Balaban J connectivity index is 2.00. The van der Waals surface area contributed by atoms with Gasteiger partial charge in [0.25, 0.3) is 0 Å². The number of nitrogens with zero attached hydrogens (tertiary/aromatic N) is 1. The monoisotopic (exact) mass is 207 g/mol. The smallest absolute Gasteiger partial charge is 0.0988 e. The lowest BCUT2D eigenvalue weighted by Gasteiger charge is -2.40. The summed E-state index contributed by atoms with van der Waals surface area (Å²) in [5.74, 6) is 0. The molecule has 15 heavy (non-hydrogen) atoms. The first-order valence-electron chi connectivity index (χ1n) is 5.97. The van der Waals surface area contributed by atoms with Gasteiger partial charge in [0, 0.05) is 24.5 Å². The first-order chi connectivity index (χ1) is 7.31. The molecule has 0 aromatic carbocycles. The Bertz CT molecular complexity index is 270. The molecule has 2 rings (SSSR count). The first-order valence-corrected chi connectivity index (χ1v) is 5.97. The highest BCUT2D eigenvalue weighted by atomic mass is 15.3. The van der Waals surface area contributed by atoms with Crippen LogP contribution in [0.2, 0.25) is 0 Å². The Kier molecular flexibility index (Phi) is 3.31. The zero-order valence-electron chi connectivity index (χ0n) is 9.45. The fraction of sp³-hybridized carbons (Fsp3) is 0.667. The topological polar surface area (TPSA) is 41.3 Å². The number of nitrogens with two attached hydrogens (primary N) is 1. The molecule has 2 aliphatic rings. The third kappa shape index (κ3) is 2.34. The highest BCUT2D eigenvalue weighted by Crippen LogP contribution is 2.22. The van der Waals surface area contributed by atoms with Gasteiger partial charge in [0.1, 0.15) is 0 Å². The predicted molar refractivity (Wildman–Crippen MR) is 63.0 cm³/mol. The Morgan fingerprint density at radius 2 is 2.40 bits per heavy atom. The van der Waals surface area contributed by atoms with Crippen molar-refractivity contribution in [2.45, 2.75) is 44.8 Å². The SMILES string of the molecule is CC[C@@H]1CCCCN1C1C=CC(N)=CN1. The maximum absolute atomic E-state index is 5.69. The molecule has 2 atom stereocenters. The molecule has 0 bridgehead atoms. The van der Waals surface area contributed by atoms with E-state index in [0.29, 0.717) is 6.17 Å². The van der Waals surface area contributed by atoms with Crippen LogP contribution in [0.25, 0.3) is 0 Å². The van der Waals surface area contributed by atoms with Crippen LogP contribution >= 0.6 is 0 Å². The summed E-state index contributed by atoms with van der Waals surface area (Å²) in [5, 5.41) is 3.35. The van der Waals surface area contributed by atoms with Crippen molar-refractivity contribution < 1.29 is 0 Å². The molecule has 0 aromatic heterocycles. The Morgan fingerprint density at radius 1 is 1.53 bits per heavy atom. The van der Waals surface area contributed by atoms with Crippen LogP contribution in [0.3, 0.4) is 0 Å². The Morgan fingerprint density at radius 3 is 3.07 bits per heavy atom. The second-order valence-electron chi connectivity index (χ2n) is 4.41. The van der Waals surface area contributed by atoms with E-state index >= 15 is 0 Å². The summed E-state index contributed by atoms with van der Waals surface area (Å²) in [5.41, 5.74) is 6.50. The summed E-state index contributed by atoms with van der Waals surface area (Å²) in [6.45, 7) is 3.48. The number of rotatable bonds is 2. The molecule has 1 unspecified atom stereocenters. The van der Waals surface area contributed by atoms with Crippen molar-refractivity contribution in [2.75, 3.05) is 6.54 Å². The first kappa shape index (κ1) is 10.6. The van der Waals surface area contributed by atoms with Crippen LogP contribution in [0.4, 0.5) is 0 Å². The number of piperidine rings is 1. The van der Waals surface area contributed by atoms with Crippen molar-refractivity contribution in [3.63, 3.8) is 0 Å². The Labute approximate surface area is 92.0 Å². The highest BCUT2D eigenvalue weighted by molar-refractivity contribution is 5.20. The zero-order chi connectivity index (χ0) is 10.7. The highest BCUT2D eigenvalue weighted by Gasteiger charge is 2.26. The summed E-state index contributed by atoms with van der Waals surface area (Å²) in [4.78, 5) is 2.56. The molecule has 3 heteroatoms. The van der Waals surface area contributed by atoms with E-state index in [-0.39, 0.29) is 0 Å². The van der Waals surface area contributed by atoms with Gasteiger partial charge in [-0.15, -0.1) is 0 Å². The lowest BCUT2D eigenvalue weighted by Crippen LogP contribution is -2.51. The normalized spacial score (nSPS) is 32.2. The number of likely N-dealkylation sites (tertiary alicyclic amines) is 1. The average Bonchev–Trinajstić information content (AvgIpc) is 2.30. The molecule has 1 saturated heterocycles. The molecule has 0 aliphatic carbocycles. The maximum Gasteiger partial charge on any atom is 0.0988 e. The van der Waals surface area contributed by atoms with Crippen LogP contribution in [0.5, 0.6) is 0 Å². The van der Waals surface area contributed by atoms with Crippen LogP contribution < -0.4 is 11.1 Å². The summed E-state index contributed by atoms with van der Waals surface area (Å²) < 4.78 is 0. The van der Waals surface area contributed by atoms with Gasteiger partial charge < -0.3 is 11.1 Å². The van der Waals surface area contributed by atoms with Gasteiger partial charge in [-0.2, -0.15) is 0 Å². The third-order valence-electron chi connectivity index (χ3n) is 3.39. The quantitative estimate of drug-likeness (QED) is 0.721. The molecular formula is C12H21N3. The molecular weight excluding hydrogens is 186 g/mol. The fourth-order valence-electron chi connectivity index (χ4n) is 2.52. The maximum atomic E-state index is 5.69. The lowest BCUT2D eigenvalue weighted by atomic mass is 9.99. The van der Waals surface area contributed by atoms with E-state index in [2.05, 4.69) is 23.2 Å². The van der Waals surface area contributed by atoms with Crippen LogP contribution in [0.1, 0.15) is 32.6 Å². The molecule has 1 fully saturated rings. The summed E-state index contributed by atoms with van der Waals surface area (Å²) >= 11 is 0. The van der Waals surface area contributed by atoms with Crippen molar-refractivity contribution >= 4 is 0 Å². The lowest BCUT2D eigenvalue weighted by molar-refractivity contribution is 0.103. The number of hydrogen-bond donors (Lipinski definition) is 2. The molecule has 0 spiro atoms. The van der Waals surface area contributed by atoms with Crippen LogP contribution in [-0.2, 0) is 0 Å². The summed E-state index contributed by atoms with van der Waals surface area (Å²) in [6.07, 6.45) is 11.7. The molecule has 0 radical (unpaired) electrons. The minimum atomic E-state index is 0.350. The predicted octanol–water partition coefficient (Wildman–Crippen LogP) is 1.54. The van der Waals surface area contributed by atoms with Crippen molar-refractivity contribution in [1.82, 2.24) is 10.2 Å². The molecule has 2 heterocycles. The van der Waals surface area contributed by atoms with E-state index in [0.717, 1.165) is 11.7 Å². The summed E-state index contributed by atoms with van der Waals surface area (Å²) in [7, 11) is 0. The molecule has 84 valence electrons. The van der Waals surface area contributed by atoms with E-state index in [1.165, 1.54) is 32.2 Å². The third-order valence-corrected chi connectivity index (χ3v) is 3.39. The van der Waals surface area contributed by atoms with E-state index in [1.807, 2.05) is 12.3 Å². The van der Waals surface area contributed by atoms with Crippen LogP contribution in [0.15, 0.2) is 24.0 Å². The van der Waals surface area contributed by atoms with Crippen molar-refractivity contribution in [2.24, 2.45) is 5.73 Å². The number of allylic oxidation sites excluding steroid dienone is 1. The number of dihydropyridines is 1. The molecule has 0 saturated carbocycles. The van der Waals surface area contributed by atoms with E-state index in [1.54, 1.807) is 0 Å². The van der Waals surface area contributed by atoms with Gasteiger partial charge in [0.05, 0.1) is 6.17 Å². The molecule has 0 amide bonds. The van der Waals surface area contributed by atoms with Gasteiger partial charge in [-0.1, -0.05) is 13.3 Å². The fourth-order valence-corrected chi connectivity index (χ4v) is 2.52. The van der Waals surface area contributed by atoms with Gasteiger partial charge in [-0.25, -0.2) is 0 Å². The minimum Gasteiger partial charge on any atom is -0.398 e.